The molecule has 0 aliphatic rings. The summed E-state index contributed by atoms with van der Waals surface area (Å²) in [4.78, 5) is 12.1. The predicted molar refractivity (Wildman–Crippen MR) is 70.7 cm³/mol. The minimum absolute atomic E-state index is 0.108. The van der Waals surface area contributed by atoms with E-state index in [0.717, 1.165) is 0 Å². The van der Waals surface area contributed by atoms with Crippen molar-refractivity contribution >= 4 is 34.7 Å². The Labute approximate surface area is 109 Å². The molecule has 0 atom stereocenters. The monoisotopic (exact) mass is 265 g/mol. The molecule has 2 rings (SSSR count). The molecule has 0 radical (unpaired) electrons. The van der Waals surface area contributed by atoms with Gasteiger partial charge in [-0.25, -0.2) is 0 Å². The second kappa shape index (κ2) is 4.78. The molecule has 0 aromatic heterocycles. The maximum absolute atomic E-state index is 12.1. The molecule has 0 aliphatic heterocycles. The Morgan fingerprint density at radius 3 is 2.06 bits per heavy atom. The SMILES string of the molecule is Nc1ccc(C(=O)c2ccc(Cl)c(Cl)c2)cc1. The Balaban J connectivity index is 2.37. The zero-order valence-electron chi connectivity index (χ0n) is 8.78. The number of hydrogen-bond acceptors (Lipinski definition) is 2. The molecule has 0 aliphatic carbocycles. The van der Waals surface area contributed by atoms with Crippen LogP contribution in [0, 0.1) is 0 Å². The van der Waals surface area contributed by atoms with Crippen LogP contribution in [0.25, 0.3) is 0 Å². The number of anilines is 1. The van der Waals surface area contributed by atoms with E-state index in [0.29, 0.717) is 26.9 Å². The summed E-state index contributed by atoms with van der Waals surface area (Å²) in [5.74, 6) is -0.108. The quantitative estimate of drug-likeness (QED) is 0.663. The highest BCUT2D eigenvalue weighted by molar-refractivity contribution is 6.42. The highest BCUT2D eigenvalue weighted by atomic mass is 35.5. The van der Waals surface area contributed by atoms with Crippen molar-refractivity contribution in [2.45, 2.75) is 0 Å². The molecular formula is C13H9Cl2NO. The van der Waals surface area contributed by atoms with E-state index in [1.54, 1.807) is 42.5 Å². The van der Waals surface area contributed by atoms with Crippen molar-refractivity contribution in [2.75, 3.05) is 5.73 Å². The topological polar surface area (TPSA) is 43.1 Å². The third-order valence-electron chi connectivity index (χ3n) is 2.35. The van der Waals surface area contributed by atoms with Gasteiger partial charge in [-0.15, -0.1) is 0 Å². The molecule has 86 valence electrons. The first-order chi connectivity index (χ1) is 8.08. The number of nitrogen functional groups attached to an aromatic ring is 1. The molecule has 0 heterocycles. The summed E-state index contributed by atoms with van der Waals surface area (Å²) >= 11 is 11.7. The number of nitrogens with two attached hydrogens (primary N) is 1. The molecule has 4 heteroatoms. The molecule has 0 saturated carbocycles. The van der Waals surface area contributed by atoms with E-state index in [9.17, 15) is 4.79 Å². The van der Waals surface area contributed by atoms with Gasteiger partial charge in [-0.05, 0) is 42.5 Å². The van der Waals surface area contributed by atoms with Crippen molar-refractivity contribution in [3.63, 3.8) is 0 Å². The lowest BCUT2D eigenvalue weighted by atomic mass is 10.0. The maximum atomic E-state index is 12.1. The molecule has 17 heavy (non-hydrogen) atoms. The number of carbonyl (C=O) groups is 1. The first kappa shape index (κ1) is 12.0. The number of ketones is 1. The van der Waals surface area contributed by atoms with Gasteiger partial charge in [0.15, 0.2) is 5.78 Å². The van der Waals surface area contributed by atoms with Gasteiger partial charge in [-0.3, -0.25) is 4.79 Å². The lowest BCUT2D eigenvalue weighted by Crippen LogP contribution is -2.01. The summed E-state index contributed by atoms with van der Waals surface area (Å²) in [5.41, 5.74) is 7.25. The normalized spacial score (nSPS) is 10.2. The van der Waals surface area contributed by atoms with E-state index in [2.05, 4.69) is 0 Å². The number of rotatable bonds is 2. The van der Waals surface area contributed by atoms with Crippen LogP contribution in [0.1, 0.15) is 15.9 Å². The van der Waals surface area contributed by atoms with Crippen LogP contribution in [-0.4, -0.2) is 5.78 Å². The Kier molecular flexibility index (Phi) is 3.36. The van der Waals surface area contributed by atoms with Gasteiger partial charge in [0.05, 0.1) is 10.0 Å². The van der Waals surface area contributed by atoms with Crippen LogP contribution in [0.15, 0.2) is 42.5 Å². The second-order valence-corrected chi connectivity index (χ2v) is 4.39. The largest absolute Gasteiger partial charge is 0.399 e. The van der Waals surface area contributed by atoms with E-state index in [1.807, 2.05) is 0 Å². The molecule has 0 spiro atoms. The third-order valence-corrected chi connectivity index (χ3v) is 3.09. The Morgan fingerprint density at radius 2 is 1.47 bits per heavy atom. The fraction of sp³-hybridized carbons (Fsp3) is 0. The molecule has 0 bridgehead atoms. The highest BCUT2D eigenvalue weighted by Crippen LogP contribution is 2.24. The van der Waals surface area contributed by atoms with Gasteiger partial charge in [0, 0.05) is 16.8 Å². The van der Waals surface area contributed by atoms with Crippen LogP contribution in [-0.2, 0) is 0 Å². The average molecular weight is 266 g/mol. The van der Waals surface area contributed by atoms with Gasteiger partial charge in [0.25, 0.3) is 0 Å². The smallest absolute Gasteiger partial charge is 0.193 e. The minimum atomic E-state index is -0.108. The fourth-order valence-corrected chi connectivity index (χ4v) is 1.74. The van der Waals surface area contributed by atoms with E-state index in [1.165, 1.54) is 0 Å². The number of carbonyl (C=O) groups excluding carboxylic acids is 1. The number of benzene rings is 2. The van der Waals surface area contributed by atoms with Crippen LogP contribution in [0.3, 0.4) is 0 Å². The van der Waals surface area contributed by atoms with Crippen LogP contribution in [0.5, 0.6) is 0 Å². The predicted octanol–water partition coefficient (Wildman–Crippen LogP) is 3.81. The summed E-state index contributed by atoms with van der Waals surface area (Å²) in [7, 11) is 0. The van der Waals surface area contributed by atoms with Crippen molar-refractivity contribution in [3.8, 4) is 0 Å². The van der Waals surface area contributed by atoms with Crippen LogP contribution < -0.4 is 5.73 Å². The summed E-state index contributed by atoms with van der Waals surface area (Å²) in [6.45, 7) is 0. The number of hydrogen-bond donors (Lipinski definition) is 1. The molecule has 0 saturated heterocycles. The average Bonchev–Trinajstić information content (AvgIpc) is 2.33. The van der Waals surface area contributed by atoms with E-state index < -0.39 is 0 Å². The van der Waals surface area contributed by atoms with Gasteiger partial charge >= 0.3 is 0 Å². The number of halogens is 2. The zero-order chi connectivity index (χ0) is 12.4. The lowest BCUT2D eigenvalue weighted by Gasteiger charge is -2.03. The summed E-state index contributed by atoms with van der Waals surface area (Å²) in [6.07, 6.45) is 0. The molecule has 0 amide bonds. The molecule has 2 N–H and O–H groups in total. The molecular weight excluding hydrogens is 257 g/mol. The Morgan fingerprint density at radius 1 is 0.882 bits per heavy atom. The maximum Gasteiger partial charge on any atom is 0.193 e. The first-order valence-corrected chi connectivity index (χ1v) is 5.69. The molecule has 0 fully saturated rings. The van der Waals surface area contributed by atoms with Gasteiger partial charge in [-0.1, -0.05) is 23.2 Å². The van der Waals surface area contributed by atoms with Crippen molar-refractivity contribution < 1.29 is 4.79 Å². The molecule has 2 nitrogen and oxygen atoms in total. The Bertz CT molecular complexity index is 564. The lowest BCUT2D eigenvalue weighted by molar-refractivity contribution is 0.103. The molecule has 0 unspecified atom stereocenters. The Hall–Kier alpha value is -1.51. The fourth-order valence-electron chi connectivity index (χ4n) is 1.44. The highest BCUT2D eigenvalue weighted by Gasteiger charge is 2.10. The van der Waals surface area contributed by atoms with Gasteiger partial charge in [-0.2, -0.15) is 0 Å². The van der Waals surface area contributed by atoms with Crippen molar-refractivity contribution in [1.82, 2.24) is 0 Å². The van der Waals surface area contributed by atoms with E-state index in [4.69, 9.17) is 28.9 Å². The van der Waals surface area contributed by atoms with Crippen molar-refractivity contribution in [1.29, 1.82) is 0 Å². The van der Waals surface area contributed by atoms with Crippen LogP contribution >= 0.6 is 23.2 Å². The molecule has 2 aromatic carbocycles. The van der Waals surface area contributed by atoms with Crippen LogP contribution in [0.2, 0.25) is 10.0 Å². The summed E-state index contributed by atoms with van der Waals surface area (Å²) in [5, 5.41) is 0.800. The van der Waals surface area contributed by atoms with E-state index in [-0.39, 0.29) is 5.78 Å². The van der Waals surface area contributed by atoms with Crippen LogP contribution in [0.4, 0.5) is 5.69 Å². The standard InChI is InChI=1S/C13H9Cl2NO/c14-11-6-3-9(7-12(11)15)13(17)8-1-4-10(16)5-2-8/h1-7H,16H2. The molecule has 2 aromatic rings. The third kappa shape index (κ3) is 2.60. The van der Waals surface area contributed by atoms with Crippen molar-refractivity contribution in [2.24, 2.45) is 0 Å². The van der Waals surface area contributed by atoms with Gasteiger partial charge < -0.3 is 5.73 Å². The summed E-state index contributed by atoms with van der Waals surface area (Å²) in [6, 6.07) is 11.5. The van der Waals surface area contributed by atoms with Gasteiger partial charge in [0.1, 0.15) is 0 Å². The first-order valence-electron chi connectivity index (χ1n) is 4.93. The van der Waals surface area contributed by atoms with Crippen molar-refractivity contribution in [3.05, 3.63) is 63.6 Å². The second-order valence-electron chi connectivity index (χ2n) is 3.58. The van der Waals surface area contributed by atoms with Gasteiger partial charge in [0.2, 0.25) is 0 Å². The van der Waals surface area contributed by atoms with E-state index >= 15 is 0 Å². The zero-order valence-corrected chi connectivity index (χ0v) is 10.3. The summed E-state index contributed by atoms with van der Waals surface area (Å²) < 4.78 is 0. The minimum Gasteiger partial charge on any atom is -0.399 e.